The third-order valence-corrected chi connectivity index (χ3v) is 5.31. The van der Waals surface area contributed by atoms with Crippen LogP contribution >= 0.6 is 0 Å². The van der Waals surface area contributed by atoms with Gasteiger partial charge in [0, 0.05) is 0 Å². The molecule has 1 aromatic rings. The Morgan fingerprint density at radius 1 is 1.36 bits per heavy atom. The van der Waals surface area contributed by atoms with Crippen LogP contribution in [0.4, 0.5) is 0 Å². The Bertz CT molecular complexity index is 523. The lowest BCUT2D eigenvalue weighted by atomic mass is 9.84. The summed E-state index contributed by atoms with van der Waals surface area (Å²) in [6.45, 7) is 5.00. The summed E-state index contributed by atoms with van der Waals surface area (Å²) in [4.78, 5) is 12.6. The van der Waals surface area contributed by atoms with Gasteiger partial charge in [0.15, 0.2) is 0 Å². The van der Waals surface area contributed by atoms with E-state index in [4.69, 9.17) is 0 Å². The second-order valence-electron chi connectivity index (χ2n) is 7.30. The molecule has 0 saturated carbocycles. The van der Waals surface area contributed by atoms with E-state index in [1.807, 2.05) is 18.2 Å². The first kappa shape index (κ1) is 19.9. The molecular weight excluding hydrogens is 316 g/mol. The number of hydrogen-bond acceptors (Lipinski definition) is 4. The number of rotatable bonds is 8. The van der Waals surface area contributed by atoms with Crippen molar-refractivity contribution in [3.8, 4) is 0 Å². The number of amides is 1. The van der Waals surface area contributed by atoms with Gasteiger partial charge in [0.05, 0.1) is 18.7 Å². The minimum Gasteiger partial charge on any atom is -0.394 e. The molecular formula is C20H32N2O3. The number of aliphatic hydroxyl groups excluding tert-OH is 2. The lowest BCUT2D eigenvalue weighted by Gasteiger charge is -2.32. The summed E-state index contributed by atoms with van der Waals surface area (Å²) < 4.78 is 0. The fourth-order valence-electron chi connectivity index (χ4n) is 3.54. The molecule has 1 aliphatic rings. The SMILES string of the molecule is CCC(C)CC1CCNC(C(=O)NC(CO)C(O)c2ccccc2)C1. The number of carbonyl (C=O) groups excluding carboxylic acids is 1. The number of carbonyl (C=O) groups is 1. The van der Waals surface area contributed by atoms with Crippen LogP contribution in [0.3, 0.4) is 0 Å². The molecule has 25 heavy (non-hydrogen) atoms. The zero-order valence-corrected chi connectivity index (χ0v) is 15.3. The minimum absolute atomic E-state index is 0.136. The molecule has 1 saturated heterocycles. The number of nitrogens with one attached hydrogen (secondary N) is 2. The minimum atomic E-state index is -0.922. The fourth-order valence-corrected chi connectivity index (χ4v) is 3.54. The van der Waals surface area contributed by atoms with Crippen LogP contribution in [0.25, 0.3) is 0 Å². The van der Waals surface area contributed by atoms with Gasteiger partial charge in [0.2, 0.25) is 5.91 Å². The molecule has 0 spiro atoms. The van der Waals surface area contributed by atoms with Crippen molar-refractivity contribution in [2.45, 2.75) is 57.7 Å². The highest BCUT2D eigenvalue weighted by Crippen LogP contribution is 2.25. The topological polar surface area (TPSA) is 81.6 Å². The first-order valence-corrected chi connectivity index (χ1v) is 9.42. The molecule has 0 radical (unpaired) electrons. The van der Waals surface area contributed by atoms with Gasteiger partial charge in [0.1, 0.15) is 6.10 Å². The van der Waals surface area contributed by atoms with Crippen molar-refractivity contribution in [3.05, 3.63) is 35.9 Å². The molecule has 140 valence electrons. The monoisotopic (exact) mass is 348 g/mol. The second kappa shape index (κ2) is 9.90. The van der Waals surface area contributed by atoms with Crippen molar-refractivity contribution >= 4 is 5.91 Å². The summed E-state index contributed by atoms with van der Waals surface area (Å²) >= 11 is 0. The number of piperidine rings is 1. The van der Waals surface area contributed by atoms with Crippen LogP contribution in [0.15, 0.2) is 30.3 Å². The molecule has 0 bridgehead atoms. The molecule has 0 aromatic heterocycles. The van der Waals surface area contributed by atoms with Crippen molar-refractivity contribution in [2.75, 3.05) is 13.2 Å². The van der Waals surface area contributed by atoms with Crippen LogP contribution in [-0.4, -0.2) is 41.4 Å². The molecule has 5 nitrogen and oxygen atoms in total. The van der Waals surface area contributed by atoms with Gasteiger partial charge < -0.3 is 20.8 Å². The molecule has 1 amide bonds. The normalized spacial score (nSPS) is 24.3. The van der Waals surface area contributed by atoms with Crippen LogP contribution < -0.4 is 10.6 Å². The Kier molecular flexibility index (Phi) is 7.88. The van der Waals surface area contributed by atoms with Gasteiger partial charge in [-0.1, -0.05) is 50.6 Å². The van der Waals surface area contributed by atoms with E-state index in [9.17, 15) is 15.0 Å². The maximum atomic E-state index is 12.6. The summed E-state index contributed by atoms with van der Waals surface area (Å²) in [6, 6.07) is 8.16. The Morgan fingerprint density at radius 3 is 2.72 bits per heavy atom. The van der Waals surface area contributed by atoms with Crippen molar-refractivity contribution in [3.63, 3.8) is 0 Å². The molecule has 4 N–H and O–H groups in total. The fraction of sp³-hybridized carbons (Fsp3) is 0.650. The maximum Gasteiger partial charge on any atom is 0.237 e. The molecule has 5 heteroatoms. The Morgan fingerprint density at radius 2 is 2.08 bits per heavy atom. The smallest absolute Gasteiger partial charge is 0.237 e. The predicted molar refractivity (Wildman–Crippen MR) is 99.0 cm³/mol. The van der Waals surface area contributed by atoms with Crippen LogP contribution in [0.2, 0.25) is 0 Å². The summed E-state index contributed by atoms with van der Waals surface area (Å²) in [5.41, 5.74) is 0.688. The molecule has 1 heterocycles. The lowest BCUT2D eigenvalue weighted by Crippen LogP contribution is -2.53. The third kappa shape index (κ3) is 5.80. The number of benzene rings is 1. The van der Waals surface area contributed by atoms with E-state index in [1.54, 1.807) is 12.1 Å². The van der Waals surface area contributed by atoms with Crippen molar-refractivity contribution < 1.29 is 15.0 Å². The van der Waals surface area contributed by atoms with Gasteiger partial charge in [-0.2, -0.15) is 0 Å². The highest BCUT2D eigenvalue weighted by Gasteiger charge is 2.30. The van der Waals surface area contributed by atoms with E-state index in [2.05, 4.69) is 24.5 Å². The quantitative estimate of drug-likeness (QED) is 0.579. The summed E-state index contributed by atoms with van der Waals surface area (Å²) in [5.74, 6) is 1.10. The zero-order chi connectivity index (χ0) is 18.2. The summed E-state index contributed by atoms with van der Waals surface area (Å²) in [7, 11) is 0. The van der Waals surface area contributed by atoms with Crippen LogP contribution in [0.1, 0.15) is 51.2 Å². The van der Waals surface area contributed by atoms with Gasteiger partial charge in [-0.25, -0.2) is 0 Å². The summed E-state index contributed by atoms with van der Waals surface area (Å²) in [5, 5.41) is 26.1. The Hall–Kier alpha value is -1.43. The molecule has 1 aliphatic heterocycles. The van der Waals surface area contributed by atoms with E-state index >= 15 is 0 Å². The van der Waals surface area contributed by atoms with Crippen LogP contribution in [0.5, 0.6) is 0 Å². The van der Waals surface area contributed by atoms with Gasteiger partial charge >= 0.3 is 0 Å². The average molecular weight is 348 g/mol. The first-order valence-electron chi connectivity index (χ1n) is 9.42. The third-order valence-electron chi connectivity index (χ3n) is 5.31. The Balaban J connectivity index is 1.92. The highest BCUT2D eigenvalue weighted by atomic mass is 16.3. The predicted octanol–water partition coefficient (Wildman–Crippen LogP) is 2.00. The second-order valence-corrected chi connectivity index (χ2v) is 7.30. The molecule has 1 aromatic carbocycles. The standard InChI is InChI=1S/C20H32N2O3/c1-3-14(2)11-15-9-10-21-17(12-15)20(25)22-18(13-23)19(24)16-7-5-4-6-8-16/h4-8,14-15,17-19,21,23-24H,3,9-13H2,1-2H3,(H,22,25). The van der Waals surface area contributed by atoms with Crippen molar-refractivity contribution in [1.82, 2.24) is 10.6 Å². The molecule has 5 unspecified atom stereocenters. The van der Waals surface area contributed by atoms with Gasteiger partial charge in [0.25, 0.3) is 0 Å². The Labute approximate surface area is 150 Å². The largest absolute Gasteiger partial charge is 0.394 e. The van der Waals surface area contributed by atoms with E-state index in [-0.39, 0.29) is 18.6 Å². The van der Waals surface area contributed by atoms with Crippen molar-refractivity contribution in [1.29, 1.82) is 0 Å². The maximum absolute atomic E-state index is 12.6. The van der Waals surface area contributed by atoms with E-state index in [0.29, 0.717) is 17.4 Å². The van der Waals surface area contributed by atoms with Gasteiger partial charge in [-0.15, -0.1) is 0 Å². The molecule has 2 rings (SSSR count). The summed E-state index contributed by atoms with van der Waals surface area (Å²) in [6.07, 6.45) is 3.31. The zero-order valence-electron chi connectivity index (χ0n) is 15.3. The van der Waals surface area contributed by atoms with E-state index < -0.39 is 12.1 Å². The highest BCUT2D eigenvalue weighted by molar-refractivity contribution is 5.82. The van der Waals surface area contributed by atoms with Crippen LogP contribution in [0, 0.1) is 11.8 Å². The van der Waals surface area contributed by atoms with Crippen molar-refractivity contribution in [2.24, 2.45) is 11.8 Å². The first-order chi connectivity index (χ1) is 12.0. The lowest BCUT2D eigenvalue weighted by molar-refractivity contribution is -0.126. The molecule has 1 fully saturated rings. The average Bonchev–Trinajstić information content (AvgIpc) is 2.66. The molecule has 5 atom stereocenters. The van der Waals surface area contributed by atoms with Gasteiger partial charge in [-0.05, 0) is 43.2 Å². The van der Waals surface area contributed by atoms with E-state index in [0.717, 1.165) is 32.2 Å². The molecule has 0 aliphatic carbocycles. The van der Waals surface area contributed by atoms with Gasteiger partial charge in [-0.3, -0.25) is 4.79 Å². The number of hydrogen-bond donors (Lipinski definition) is 4. The van der Waals surface area contributed by atoms with Crippen LogP contribution in [-0.2, 0) is 4.79 Å². The van der Waals surface area contributed by atoms with E-state index in [1.165, 1.54) is 0 Å². The number of aliphatic hydroxyl groups is 2.